The molecule has 5 N–H and O–H groups in total. The lowest BCUT2D eigenvalue weighted by Gasteiger charge is -2.03. The minimum Gasteiger partial charge on any atom is -0.504 e. The first-order valence-electron chi connectivity index (χ1n) is 10.0. The first-order valence-corrected chi connectivity index (χ1v) is 10.0. The molecule has 198 valence electrons. The van der Waals surface area contributed by atoms with Crippen LogP contribution in [0.15, 0.2) is 67.0 Å². The Labute approximate surface area is 213 Å². The van der Waals surface area contributed by atoms with Crippen LogP contribution in [0.3, 0.4) is 0 Å². The van der Waals surface area contributed by atoms with E-state index in [0.717, 1.165) is 18.2 Å². The first-order chi connectivity index (χ1) is 17.8. The third-order valence-corrected chi connectivity index (χ3v) is 4.16. The van der Waals surface area contributed by atoms with Crippen LogP contribution in [0.1, 0.15) is 26.3 Å². The molecule has 0 aliphatic heterocycles. The van der Waals surface area contributed by atoms with E-state index in [0.29, 0.717) is 22.9 Å². The Kier molecular flexibility index (Phi) is 11.5. The Morgan fingerprint density at radius 1 is 0.921 bits per heavy atom. The predicted octanol–water partition coefficient (Wildman–Crippen LogP) is 2.88. The summed E-state index contributed by atoms with van der Waals surface area (Å²) in [5, 5.41) is 46.9. The summed E-state index contributed by atoms with van der Waals surface area (Å²) in [6, 6.07) is 9.95. The second kappa shape index (κ2) is 14.5. The van der Waals surface area contributed by atoms with Gasteiger partial charge in [0.05, 0.1) is 28.6 Å². The van der Waals surface area contributed by atoms with Crippen LogP contribution in [0.5, 0.6) is 11.5 Å². The zero-order chi connectivity index (χ0) is 28.8. The number of aromatic carboxylic acids is 1. The molecule has 1 heterocycles. The number of non-ortho nitro benzene ring substituents is 2. The van der Waals surface area contributed by atoms with Crippen molar-refractivity contribution in [3.8, 4) is 11.5 Å². The number of primary amides is 1. The van der Waals surface area contributed by atoms with E-state index in [-0.39, 0.29) is 5.75 Å². The van der Waals surface area contributed by atoms with Gasteiger partial charge in [0.15, 0.2) is 11.5 Å². The summed E-state index contributed by atoms with van der Waals surface area (Å²) in [7, 11) is 1.43. The molecule has 0 aliphatic carbocycles. The van der Waals surface area contributed by atoms with Crippen LogP contribution in [-0.4, -0.2) is 55.1 Å². The number of phenols is 1. The number of carboxylic acid groups (broad SMARTS) is 2. The largest absolute Gasteiger partial charge is 0.504 e. The molecule has 0 aliphatic rings. The van der Waals surface area contributed by atoms with E-state index in [4.69, 9.17) is 20.7 Å². The number of benzene rings is 2. The summed E-state index contributed by atoms with van der Waals surface area (Å²) in [4.78, 5) is 53.7. The number of nitrogens with zero attached hydrogens (tertiary/aromatic N) is 3. The highest BCUT2D eigenvalue weighted by molar-refractivity contribution is 5.92. The number of hydrogen-bond donors (Lipinski definition) is 4. The van der Waals surface area contributed by atoms with E-state index in [2.05, 4.69) is 4.98 Å². The van der Waals surface area contributed by atoms with Gasteiger partial charge >= 0.3 is 11.9 Å². The number of rotatable bonds is 7. The van der Waals surface area contributed by atoms with Crippen LogP contribution in [0, 0.1) is 20.2 Å². The van der Waals surface area contributed by atoms with Gasteiger partial charge in [0.1, 0.15) is 0 Å². The summed E-state index contributed by atoms with van der Waals surface area (Å²) in [5.41, 5.74) is 4.36. The minimum atomic E-state index is -1.46. The third kappa shape index (κ3) is 10.2. The van der Waals surface area contributed by atoms with E-state index in [9.17, 15) is 39.7 Å². The molecule has 0 unspecified atom stereocenters. The Balaban J connectivity index is 0.000000294. The topological polar surface area (TPSA) is 246 Å². The molecule has 0 fully saturated rings. The Hall–Kier alpha value is -5.86. The van der Waals surface area contributed by atoms with Crippen LogP contribution < -0.4 is 10.5 Å². The fourth-order valence-corrected chi connectivity index (χ4v) is 2.41. The Bertz CT molecular complexity index is 1280. The number of carbonyl (C=O) groups is 3. The highest BCUT2D eigenvalue weighted by Crippen LogP contribution is 2.26. The van der Waals surface area contributed by atoms with Crippen molar-refractivity contribution >= 4 is 35.3 Å². The average Bonchev–Trinajstić information content (AvgIpc) is 2.89. The number of phenolic OH excluding ortho intramolecular Hbond substituents is 1. The van der Waals surface area contributed by atoms with Gasteiger partial charge in [0.2, 0.25) is 5.91 Å². The lowest BCUT2D eigenvalue weighted by atomic mass is 10.2. The number of amides is 1. The molecule has 0 spiro atoms. The van der Waals surface area contributed by atoms with Gasteiger partial charge in [-0.05, 0) is 35.9 Å². The molecule has 3 aromatic rings. The molecule has 0 bridgehead atoms. The average molecular weight is 528 g/mol. The van der Waals surface area contributed by atoms with Crippen molar-refractivity contribution in [2.45, 2.75) is 0 Å². The summed E-state index contributed by atoms with van der Waals surface area (Å²) in [5.74, 6) is -2.55. The third-order valence-electron chi connectivity index (χ3n) is 4.16. The van der Waals surface area contributed by atoms with Crippen LogP contribution >= 0.6 is 0 Å². The molecule has 0 atom stereocenters. The number of methoxy groups -OCH3 is 1. The summed E-state index contributed by atoms with van der Waals surface area (Å²) < 4.78 is 4.86. The van der Waals surface area contributed by atoms with Crippen molar-refractivity contribution in [3.05, 3.63) is 104 Å². The summed E-state index contributed by atoms with van der Waals surface area (Å²) in [6.45, 7) is 0. The van der Waals surface area contributed by atoms with E-state index in [1.165, 1.54) is 31.6 Å². The van der Waals surface area contributed by atoms with Gasteiger partial charge < -0.3 is 25.8 Å². The number of hydrogen-bond acceptors (Lipinski definition) is 10. The maximum Gasteiger partial charge on any atom is 0.336 e. The minimum absolute atomic E-state index is 0.0278. The second-order valence-electron chi connectivity index (χ2n) is 6.76. The number of carbonyl (C=O) groups excluding carboxylic acids is 1. The normalized spacial score (nSPS) is 9.71. The van der Waals surface area contributed by atoms with Crippen LogP contribution in [0.2, 0.25) is 0 Å². The van der Waals surface area contributed by atoms with Gasteiger partial charge in [0, 0.05) is 36.2 Å². The van der Waals surface area contributed by atoms with Crippen molar-refractivity contribution < 1.29 is 44.3 Å². The number of ether oxygens (including phenoxy) is 1. The number of aromatic nitrogens is 1. The molecule has 1 amide bonds. The maximum absolute atomic E-state index is 10.5. The number of nitrogens with two attached hydrogens (primary N) is 1. The van der Waals surface area contributed by atoms with Gasteiger partial charge in [-0.1, -0.05) is 6.07 Å². The first kappa shape index (κ1) is 30.2. The molecule has 0 radical (unpaired) electrons. The molecule has 3 rings (SSSR count). The van der Waals surface area contributed by atoms with E-state index >= 15 is 0 Å². The summed E-state index contributed by atoms with van der Waals surface area (Å²) in [6.07, 6.45) is 5.50. The van der Waals surface area contributed by atoms with Crippen molar-refractivity contribution in [2.24, 2.45) is 5.73 Å². The van der Waals surface area contributed by atoms with Crippen LogP contribution in [0.25, 0.3) is 6.08 Å². The molecule has 15 nitrogen and oxygen atoms in total. The lowest BCUT2D eigenvalue weighted by Crippen LogP contribution is -2.10. The number of pyridine rings is 1. The van der Waals surface area contributed by atoms with E-state index < -0.39 is 44.6 Å². The Morgan fingerprint density at radius 3 is 1.87 bits per heavy atom. The Morgan fingerprint density at radius 2 is 1.47 bits per heavy atom. The van der Waals surface area contributed by atoms with Crippen LogP contribution in [-0.2, 0) is 4.79 Å². The van der Waals surface area contributed by atoms with Crippen molar-refractivity contribution in [1.82, 2.24) is 4.98 Å². The standard InChI is InChI=1S/C10H10O4.C7H4N2O6.C6H6N2O/c1-14-9-6-7(2-4-8(9)11)3-5-10(12)13;10-7(11)4-1-5(8(12)13)3-6(2-4)9(14)15;7-6(9)5-1-3-8-4-2-5/h2-6,11H,1H3,(H,12,13);1-3H,(H,10,11);1-4H,(H2,7,9)/b5-3+;;. The zero-order valence-electron chi connectivity index (χ0n) is 19.5. The van der Waals surface area contributed by atoms with Crippen LogP contribution in [0.4, 0.5) is 11.4 Å². The number of nitro benzene ring substituents is 2. The number of nitro groups is 2. The lowest BCUT2D eigenvalue weighted by molar-refractivity contribution is -0.394. The van der Waals surface area contributed by atoms with Crippen molar-refractivity contribution in [1.29, 1.82) is 0 Å². The number of aromatic hydroxyl groups is 1. The number of carboxylic acids is 2. The molecule has 0 saturated carbocycles. The zero-order valence-corrected chi connectivity index (χ0v) is 19.5. The van der Waals surface area contributed by atoms with Crippen molar-refractivity contribution in [3.63, 3.8) is 0 Å². The molecular weight excluding hydrogens is 508 g/mol. The molecule has 38 heavy (non-hydrogen) atoms. The second-order valence-corrected chi connectivity index (χ2v) is 6.76. The molecule has 1 aromatic heterocycles. The highest BCUT2D eigenvalue weighted by Gasteiger charge is 2.19. The van der Waals surface area contributed by atoms with Gasteiger partial charge in [-0.3, -0.25) is 30.0 Å². The summed E-state index contributed by atoms with van der Waals surface area (Å²) >= 11 is 0. The van der Waals surface area contributed by atoms with Crippen molar-refractivity contribution in [2.75, 3.05) is 7.11 Å². The molecule has 2 aromatic carbocycles. The van der Waals surface area contributed by atoms with Gasteiger partial charge in [-0.15, -0.1) is 0 Å². The monoisotopic (exact) mass is 528 g/mol. The molecular formula is C23H20N4O11. The fraction of sp³-hybridized carbons (Fsp3) is 0.0435. The fourth-order valence-electron chi connectivity index (χ4n) is 2.41. The SMILES string of the molecule is COc1cc(/C=C/C(=O)O)ccc1O.NC(=O)c1ccncc1.O=C(O)c1cc([N+](=O)[O-])cc([N+](=O)[O-])c1. The smallest absolute Gasteiger partial charge is 0.336 e. The van der Waals surface area contributed by atoms with Gasteiger partial charge in [-0.25, -0.2) is 9.59 Å². The van der Waals surface area contributed by atoms with E-state index in [1.54, 1.807) is 24.3 Å². The number of aliphatic carboxylic acids is 1. The molecule has 0 saturated heterocycles. The quantitative estimate of drug-likeness (QED) is 0.196. The maximum atomic E-state index is 10.5. The highest BCUT2D eigenvalue weighted by atomic mass is 16.6. The molecule has 15 heteroatoms. The van der Waals surface area contributed by atoms with Gasteiger partial charge in [0.25, 0.3) is 11.4 Å². The van der Waals surface area contributed by atoms with Gasteiger partial charge in [-0.2, -0.15) is 0 Å². The van der Waals surface area contributed by atoms with E-state index in [1.807, 2.05) is 0 Å². The predicted molar refractivity (Wildman–Crippen MR) is 131 cm³/mol.